The lowest BCUT2D eigenvalue weighted by Gasteiger charge is -2.28. The SMILES string of the molecule is O=C(NCC1CCn2ncc(C(=O)N3CCOCC3)c2C1)c1cccc(Cl)c1. The van der Waals surface area contributed by atoms with Gasteiger partial charge in [0.2, 0.25) is 0 Å². The Morgan fingerprint density at radius 3 is 2.86 bits per heavy atom. The van der Waals surface area contributed by atoms with E-state index in [-0.39, 0.29) is 17.7 Å². The number of hydrogen-bond acceptors (Lipinski definition) is 4. The molecule has 3 heterocycles. The first-order valence-electron chi connectivity index (χ1n) is 9.57. The molecule has 0 saturated carbocycles. The topological polar surface area (TPSA) is 76.5 Å². The maximum absolute atomic E-state index is 12.9. The summed E-state index contributed by atoms with van der Waals surface area (Å²) in [4.78, 5) is 27.0. The van der Waals surface area contributed by atoms with Gasteiger partial charge in [-0.3, -0.25) is 14.3 Å². The number of aryl methyl sites for hydroxylation is 1. The van der Waals surface area contributed by atoms with Crippen molar-refractivity contribution < 1.29 is 14.3 Å². The highest BCUT2D eigenvalue weighted by Crippen LogP contribution is 2.24. The number of rotatable bonds is 4. The predicted molar refractivity (Wildman–Crippen MR) is 105 cm³/mol. The van der Waals surface area contributed by atoms with Gasteiger partial charge in [-0.2, -0.15) is 5.10 Å². The predicted octanol–water partition coefficient (Wildman–Crippen LogP) is 2.00. The van der Waals surface area contributed by atoms with Crippen LogP contribution < -0.4 is 5.32 Å². The van der Waals surface area contributed by atoms with Crippen LogP contribution in [0.5, 0.6) is 0 Å². The van der Waals surface area contributed by atoms with E-state index < -0.39 is 0 Å². The van der Waals surface area contributed by atoms with Crippen molar-refractivity contribution in [3.05, 3.63) is 52.3 Å². The number of nitrogens with one attached hydrogen (secondary N) is 1. The summed E-state index contributed by atoms with van der Waals surface area (Å²) in [5.41, 5.74) is 2.19. The van der Waals surface area contributed by atoms with E-state index in [1.165, 1.54) is 0 Å². The Bertz CT molecular complexity index is 876. The van der Waals surface area contributed by atoms with Crippen LogP contribution in [-0.2, 0) is 17.7 Å². The molecule has 1 atom stereocenters. The summed E-state index contributed by atoms with van der Waals surface area (Å²) in [6, 6.07) is 6.91. The molecule has 2 amide bonds. The number of benzene rings is 1. The molecule has 0 radical (unpaired) electrons. The van der Waals surface area contributed by atoms with Gasteiger partial charge in [0.25, 0.3) is 11.8 Å². The number of aromatic nitrogens is 2. The summed E-state index contributed by atoms with van der Waals surface area (Å²) in [6.07, 6.45) is 3.32. The van der Waals surface area contributed by atoms with Gasteiger partial charge in [-0.1, -0.05) is 17.7 Å². The molecule has 1 saturated heterocycles. The van der Waals surface area contributed by atoms with Gasteiger partial charge in [-0.25, -0.2) is 0 Å². The summed E-state index contributed by atoms with van der Waals surface area (Å²) in [5.74, 6) is 0.155. The second-order valence-electron chi connectivity index (χ2n) is 7.21. The fourth-order valence-electron chi connectivity index (χ4n) is 3.76. The quantitative estimate of drug-likeness (QED) is 0.848. The van der Waals surface area contributed by atoms with Crippen LogP contribution in [-0.4, -0.2) is 59.3 Å². The Kier molecular flexibility index (Phi) is 5.64. The fourth-order valence-corrected chi connectivity index (χ4v) is 3.95. The van der Waals surface area contributed by atoms with Crippen LogP contribution in [0.1, 0.15) is 32.8 Å². The largest absolute Gasteiger partial charge is 0.378 e. The Morgan fingerprint density at radius 2 is 2.07 bits per heavy atom. The summed E-state index contributed by atoms with van der Waals surface area (Å²) in [5, 5.41) is 7.93. The number of fused-ring (bicyclic) bond motifs is 1. The highest BCUT2D eigenvalue weighted by atomic mass is 35.5. The zero-order valence-corrected chi connectivity index (χ0v) is 16.3. The van der Waals surface area contributed by atoms with E-state index in [0.717, 1.165) is 25.1 Å². The minimum absolute atomic E-state index is 0.0214. The van der Waals surface area contributed by atoms with Crippen molar-refractivity contribution in [3.63, 3.8) is 0 Å². The summed E-state index contributed by atoms with van der Waals surface area (Å²) >= 11 is 5.96. The second-order valence-corrected chi connectivity index (χ2v) is 7.65. The number of carbonyl (C=O) groups is 2. The molecule has 1 fully saturated rings. The molecule has 1 aromatic carbocycles. The molecule has 0 aliphatic carbocycles. The normalized spacial score (nSPS) is 19.2. The lowest BCUT2D eigenvalue weighted by Crippen LogP contribution is -2.41. The number of amides is 2. The summed E-state index contributed by atoms with van der Waals surface area (Å²) in [6.45, 7) is 3.69. The lowest BCUT2D eigenvalue weighted by molar-refractivity contribution is 0.0301. The van der Waals surface area contributed by atoms with Gasteiger partial charge in [0.05, 0.1) is 30.7 Å². The van der Waals surface area contributed by atoms with Gasteiger partial charge in [0.15, 0.2) is 0 Å². The number of morpholine rings is 1. The minimum Gasteiger partial charge on any atom is -0.378 e. The molecule has 7 nitrogen and oxygen atoms in total. The highest BCUT2D eigenvalue weighted by Gasteiger charge is 2.28. The van der Waals surface area contributed by atoms with Crippen molar-refractivity contribution >= 4 is 23.4 Å². The highest BCUT2D eigenvalue weighted by molar-refractivity contribution is 6.30. The van der Waals surface area contributed by atoms with Gasteiger partial charge >= 0.3 is 0 Å². The van der Waals surface area contributed by atoms with Gasteiger partial charge in [-0.15, -0.1) is 0 Å². The van der Waals surface area contributed by atoms with E-state index in [1.807, 2.05) is 9.58 Å². The summed E-state index contributed by atoms with van der Waals surface area (Å²) < 4.78 is 7.25. The van der Waals surface area contributed by atoms with Crippen molar-refractivity contribution in [1.29, 1.82) is 0 Å². The van der Waals surface area contributed by atoms with Gasteiger partial charge in [0, 0.05) is 36.8 Å². The van der Waals surface area contributed by atoms with E-state index in [9.17, 15) is 9.59 Å². The first kappa shape index (κ1) is 19.0. The average molecular weight is 403 g/mol. The number of hydrogen-bond donors (Lipinski definition) is 1. The maximum atomic E-state index is 12.9. The van der Waals surface area contributed by atoms with E-state index in [4.69, 9.17) is 16.3 Å². The molecule has 148 valence electrons. The molecule has 2 aromatic rings. The number of nitrogens with zero attached hydrogens (tertiary/aromatic N) is 3. The molecule has 0 bridgehead atoms. The van der Waals surface area contributed by atoms with Crippen LogP contribution >= 0.6 is 11.6 Å². The third-order valence-corrected chi connectivity index (χ3v) is 5.58. The van der Waals surface area contributed by atoms with E-state index in [0.29, 0.717) is 49.0 Å². The van der Waals surface area contributed by atoms with Crippen molar-refractivity contribution in [2.24, 2.45) is 5.92 Å². The van der Waals surface area contributed by atoms with E-state index in [1.54, 1.807) is 30.5 Å². The Labute approximate surface area is 168 Å². The van der Waals surface area contributed by atoms with Crippen molar-refractivity contribution in [3.8, 4) is 0 Å². The van der Waals surface area contributed by atoms with E-state index >= 15 is 0 Å². The number of carbonyl (C=O) groups excluding carboxylic acids is 2. The van der Waals surface area contributed by atoms with Crippen LogP contribution in [0.4, 0.5) is 0 Å². The van der Waals surface area contributed by atoms with Crippen LogP contribution in [0.3, 0.4) is 0 Å². The zero-order chi connectivity index (χ0) is 19.5. The molecule has 4 rings (SSSR count). The number of ether oxygens (including phenoxy) is 1. The maximum Gasteiger partial charge on any atom is 0.257 e. The molecule has 28 heavy (non-hydrogen) atoms. The van der Waals surface area contributed by atoms with Crippen molar-refractivity contribution in [1.82, 2.24) is 20.0 Å². The van der Waals surface area contributed by atoms with E-state index in [2.05, 4.69) is 10.4 Å². The third-order valence-electron chi connectivity index (χ3n) is 5.35. The average Bonchev–Trinajstić information content (AvgIpc) is 3.15. The van der Waals surface area contributed by atoms with Crippen LogP contribution in [0, 0.1) is 5.92 Å². The molecule has 8 heteroatoms. The Morgan fingerprint density at radius 1 is 1.25 bits per heavy atom. The molecule has 1 N–H and O–H groups in total. The first-order chi connectivity index (χ1) is 13.6. The molecule has 2 aliphatic heterocycles. The lowest BCUT2D eigenvalue weighted by atomic mass is 9.94. The Balaban J connectivity index is 1.39. The third kappa shape index (κ3) is 4.05. The molecule has 1 unspecified atom stereocenters. The van der Waals surface area contributed by atoms with Crippen molar-refractivity contribution in [2.45, 2.75) is 19.4 Å². The number of halogens is 1. The van der Waals surface area contributed by atoms with Crippen molar-refractivity contribution in [2.75, 3.05) is 32.8 Å². The standard InChI is InChI=1S/C20H23ClN4O3/c21-16-3-1-2-15(11-16)19(26)22-12-14-4-5-25-18(10-14)17(13-23-25)20(27)24-6-8-28-9-7-24/h1-3,11,13-14H,4-10,12H2,(H,22,26). The zero-order valence-electron chi connectivity index (χ0n) is 15.6. The summed E-state index contributed by atoms with van der Waals surface area (Å²) in [7, 11) is 0. The monoisotopic (exact) mass is 402 g/mol. The van der Waals surface area contributed by atoms with Crippen LogP contribution in [0.25, 0.3) is 0 Å². The smallest absolute Gasteiger partial charge is 0.257 e. The molecular formula is C20H23ClN4O3. The van der Waals surface area contributed by atoms with Crippen LogP contribution in [0.15, 0.2) is 30.5 Å². The molecule has 1 aromatic heterocycles. The molecule has 2 aliphatic rings. The Hall–Kier alpha value is -2.38. The fraction of sp³-hybridized carbons (Fsp3) is 0.450. The second kappa shape index (κ2) is 8.32. The molecular weight excluding hydrogens is 380 g/mol. The molecule has 0 spiro atoms. The van der Waals surface area contributed by atoms with Gasteiger partial charge < -0.3 is 15.0 Å². The minimum atomic E-state index is -0.133. The van der Waals surface area contributed by atoms with Gasteiger partial charge in [-0.05, 0) is 37.0 Å². The first-order valence-corrected chi connectivity index (χ1v) is 9.95. The van der Waals surface area contributed by atoms with Gasteiger partial charge in [0.1, 0.15) is 0 Å². The van der Waals surface area contributed by atoms with Crippen LogP contribution in [0.2, 0.25) is 5.02 Å².